The van der Waals surface area contributed by atoms with Crippen LogP contribution in [0, 0.1) is 9.49 Å². The molecule has 1 saturated heterocycles. The molecule has 5 heteroatoms. The first-order valence-electron chi connectivity index (χ1n) is 6.01. The monoisotopic (exact) mass is 377 g/mol. The number of thioether (sulfide) groups is 1. The topological polar surface area (TPSA) is 49.3 Å². The molecule has 98 valence electrons. The van der Waals surface area contributed by atoms with Gasteiger partial charge in [-0.25, -0.2) is 0 Å². The number of rotatable bonds is 3. The van der Waals surface area contributed by atoms with E-state index in [9.17, 15) is 9.90 Å². The van der Waals surface area contributed by atoms with Crippen LogP contribution < -0.4 is 5.32 Å². The number of aromatic hydroxyl groups is 1. The number of carbonyl (C=O) groups excluding carboxylic acids is 1. The van der Waals surface area contributed by atoms with Gasteiger partial charge in [-0.05, 0) is 71.1 Å². The number of phenols is 1. The smallest absolute Gasteiger partial charge is 0.251 e. The minimum atomic E-state index is -0.0973. The minimum Gasteiger partial charge on any atom is -0.507 e. The Morgan fingerprint density at radius 3 is 2.83 bits per heavy atom. The lowest BCUT2D eigenvalue weighted by Crippen LogP contribution is -2.30. The fourth-order valence-electron chi connectivity index (χ4n) is 1.94. The average Bonchev–Trinajstić information content (AvgIpc) is 2.40. The van der Waals surface area contributed by atoms with E-state index in [1.165, 1.54) is 30.4 Å². The van der Waals surface area contributed by atoms with Crippen LogP contribution in [0.3, 0.4) is 0 Å². The van der Waals surface area contributed by atoms with E-state index < -0.39 is 0 Å². The highest BCUT2D eigenvalue weighted by Crippen LogP contribution is 2.23. The van der Waals surface area contributed by atoms with Crippen LogP contribution in [-0.4, -0.2) is 29.1 Å². The molecule has 2 rings (SSSR count). The van der Waals surface area contributed by atoms with Gasteiger partial charge in [0.15, 0.2) is 0 Å². The molecule has 1 aromatic carbocycles. The molecular weight excluding hydrogens is 361 g/mol. The summed E-state index contributed by atoms with van der Waals surface area (Å²) in [5, 5.41) is 12.5. The van der Waals surface area contributed by atoms with Gasteiger partial charge >= 0.3 is 0 Å². The molecule has 0 spiro atoms. The number of carbonyl (C=O) groups is 1. The van der Waals surface area contributed by atoms with E-state index in [0.29, 0.717) is 11.5 Å². The minimum absolute atomic E-state index is 0.0973. The summed E-state index contributed by atoms with van der Waals surface area (Å²) in [6.45, 7) is 0.742. The molecule has 2 N–H and O–H groups in total. The molecule has 1 heterocycles. The quantitative estimate of drug-likeness (QED) is 0.797. The maximum atomic E-state index is 11.9. The first-order chi connectivity index (χ1) is 8.66. The van der Waals surface area contributed by atoms with Gasteiger partial charge in [-0.3, -0.25) is 4.79 Å². The summed E-state index contributed by atoms with van der Waals surface area (Å²) >= 11 is 4.02. The van der Waals surface area contributed by atoms with Crippen molar-refractivity contribution in [2.45, 2.75) is 12.8 Å². The van der Waals surface area contributed by atoms with Gasteiger partial charge in [-0.2, -0.15) is 11.8 Å². The normalized spacial score (nSPS) is 16.5. The van der Waals surface area contributed by atoms with Gasteiger partial charge in [-0.15, -0.1) is 0 Å². The Morgan fingerprint density at radius 1 is 1.44 bits per heavy atom. The number of hydrogen-bond donors (Lipinski definition) is 2. The van der Waals surface area contributed by atoms with Crippen molar-refractivity contribution in [3.8, 4) is 5.75 Å². The third kappa shape index (κ3) is 3.78. The third-order valence-corrected chi connectivity index (χ3v) is 5.06. The molecule has 1 aliphatic rings. The van der Waals surface area contributed by atoms with E-state index in [4.69, 9.17) is 0 Å². The van der Waals surface area contributed by atoms with Crippen LogP contribution in [0.5, 0.6) is 5.75 Å². The van der Waals surface area contributed by atoms with Crippen LogP contribution in [0.25, 0.3) is 0 Å². The molecule has 3 nitrogen and oxygen atoms in total. The van der Waals surface area contributed by atoms with Crippen LogP contribution in [0.15, 0.2) is 18.2 Å². The van der Waals surface area contributed by atoms with E-state index in [1.54, 1.807) is 12.1 Å². The predicted molar refractivity (Wildman–Crippen MR) is 83.2 cm³/mol. The lowest BCUT2D eigenvalue weighted by molar-refractivity contribution is 0.0946. The first-order valence-corrected chi connectivity index (χ1v) is 8.24. The fraction of sp³-hybridized carbons (Fsp3) is 0.462. The summed E-state index contributed by atoms with van der Waals surface area (Å²) in [4.78, 5) is 11.9. The molecule has 0 radical (unpaired) electrons. The largest absolute Gasteiger partial charge is 0.507 e. The summed E-state index contributed by atoms with van der Waals surface area (Å²) in [5.41, 5.74) is 0.526. The molecular formula is C13H16INO2S. The van der Waals surface area contributed by atoms with Crippen LogP contribution in [0.1, 0.15) is 23.2 Å². The van der Waals surface area contributed by atoms with Crippen molar-refractivity contribution in [2.24, 2.45) is 5.92 Å². The molecule has 1 fully saturated rings. The molecule has 1 aromatic rings. The van der Waals surface area contributed by atoms with E-state index in [-0.39, 0.29) is 11.7 Å². The highest BCUT2D eigenvalue weighted by molar-refractivity contribution is 14.1. The summed E-state index contributed by atoms with van der Waals surface area (Å²) in [6, 6.07) is 5.02. The zero-order valence-corrected chi connectivity index (χ0v) is 13.0. The van der Waals surface area contributed by atoms with Crippen LogP contribution in [-0.2, 0) is 0 Å². The molecule has 1 aliphatic heterocycles. The Balaban J connectivity index is 1.88. The molecule has 0 aromatic heterocycles. The summed E-state index contributed by atoms with van der Waals surface area (Å²) in [6.07, 6.45) is 2.37. The van der Waals surface area contributed by atoms with Gasteiger partial charge in [0, 0.05) is 12.1 Å². The van der Waals surface area contributed by atoms with Crippen molar-refractivity contribution < 1.29 is 9.90 Å². The van der Waals surface area contributed by atoms with Gasteiger partial charge < -0.3 is 10.4 Å². The average molecular weight is 377 g/mol. The Hall–Kier alpha value is -0.430. The van der Waals surface area contributed by atoms with E-state index >= 15 is 0 Å². The van der Waals surface area contributed by atoms with Crippen molar-refractivity contribution in [1.29, 1.82) is 0 Å². The fourth-order valence-corrected chi connectivity index (χ4v) is 3.48. The van der Waals surface area contributed by atoms with Gasteiger partial charge in [0.05, 0.1) is 3.57 Å². The SMILES string of the molecule is O=C(NCC1CCSCC1)c1ccc(I)c(O)c1. The molecule has 18 heavy (non-hydrogen) atoms. The van der Waals surface area contributed by atoms with E-state index in [2.05, 4.69) is 5.32 Å². The number of halogens is 1. The highest BCUT2D eigenvalue weighted by atomic mass is 127. The Labute approximate surface area is 125 Å². The molecule has 1 amide bonds. The van der Waals surface area contributed by atoms with Gasteiger partial charge in [0.1, 0.15) is 5.75 Å². The Bertz CT molecular complexity index is 433. The maximum Gasteiger partial charge on any atom is 0.251 e. The standard InChI is InChI=1S/C13H16INO2S/c14-11-2-1-10(7-12(11)16)13(17)15-8-9-3-5-18-6-4-9/h1-2,7,9,16H,3-6,8H2,(H,15,17). The lowest BCUT2D eigenvalue weighted by atomic mass is 10.0. The number of nitrogens with one attached hydrogen (secondary N) is 1. The van der Waals surface area contributed by atoms with Crippen LogP contribution in [0.4, 0.5) is 0 Å². The van der Waals surface area contributed by atoms with Gasteiger partial charge in [0.25, 0.3) is 5.91 Å². The van der Waals surface area contributed by atoms with Crippen LogP contribution >= 0.6 is 34.4 Å². The van der Waals surface area contributed by atoms with E-state index in [0.717, 1.165) is 10.1 Å². The van der Waals surface area contributed by atoms with Gasteiger partial charge in [-0.1, -0.05) is 0 Å². The lowest BCUT2D eigenvalue weighted by Gasteiger charge is -2.21. The van der Waals surface area contributed by atoms with Crippen molar-refractivity contribution in [3.05, 3.63) is 27.3 Å². The second kappa shape index (κ2) is 6.65. The number of amides is 1. The summed E-state index contributed by atoms with van der Waals surface area (Å²) < 4.78 is 0.758. The Kier molecular flexibility index (Phi) is 5.17. The van der Waals surface area contributed by atoms with Crippen molar-refractivity contribution >= 4 is 40.3 Å². The molecule has 0 atom stereocenters. The second-order valence-electron chi connectivity index (χ2n) is 4.43. The second-order valence-corrected chi connectivity index (χ2v) is 6.82. The number of phenolic OH excluding ortho intramolecular Hbond substituents is 1. The van der Waals surface area contributed by atoms with Crippen molar-refractivity contribution in [2.75, 3.05) is 18.1 Å². The maximum absolute atomic E-state index is 11.9. The van der Waals surface area contributed by atoms with Crippen molar-refractivity contribution in [1.82, 2.24) is 5.32 Å². The first kappa shape index (κ1) is 14.0. The summed E-state index contributed by atoms with van der Waals surface area (Å²) in [7, 11) is 0. The highest BCUT2D eigenvalue weighted by Gasteiger charge is 2.15. The number of benzene rings is 1. The molecule has 0 bridgehead atoms. The number of hydrogen-bond acceptors (Lipinski definition) is 3. The van der Waals surface area contributed by atoms with Crippen molar-refractivity contribution in [3.63, 3.8) is 0 Å². The summed E-state index contributed by atoms with van der Waals surface area (Å²) in [5.74, 6) is 3.07. The zero-order valence-electron chi connectivity index (χ0n) is 9.99. The van der Waals surface area contributed by atoms with Gasteiger partial charge in [0.2, 0.25) is 0 Å². The van der Waals surface area contributed by atoms with E-state index in [1.807, 2.05) is 34.4 Å². The predicted octanol–water partition coefficient (Wildman–Crippen LogP) is 2.87. The Morgan fingerprint density at radius 2 is 2.17 bits per heavy atom. The molecule has 0 unspecified atom stereocenters. The van der Waals surface area contributed by atoms with Crippen LogP contribution in [0.2, 0.25) is 0 Å². The zero-order chi connectivity index (χ0) is 13.0. The molecule has 0 aliphatic carbocycles. The molecule has 0 saturated carbocycles. The third-order valence-electron chi connectivity index (χ3n) is 3.10.